The van der Waals surface area contributed by atoms with Gasteiger partial charge in [0.25, 0.3) is 0 Å². The van der Waals surface area contributed by atoms with Gasteiger partial charge in [-0.2, -0.15) is 5.10 Å². The Hall–Kier alpha value is -2.00. The third-order valence-electron chi connectivity index (χ3n) is 3.65. The number of aromatic nitrogens is 4. The third kappa shape index (κ3) is 3.73. The van der Waals surface area contributed by atoms with Crippen LogP contribution in [0.3, 0.4) is 0 Å². The van der Waals surface area contributed by atoms with Crippen LogP contribution in [0, 0.1) is 20.8 Å². The molecule has 0 fully saturated rings. The van der Waals surface area contributed by atoms with E-state index < -0.39 is 10.0 Å². The molecule has 0 saturated heterocycles. The predicted molar refractivity (Wildman–Crippen MR) is 92.5 cm³/mol. The second-order valence-electron chi connectivity index (χ2n) is 5.82. The van der Waals surface area contributed by atoms with Crippen LogP contribution >= 0.6 is 0 Å². The zero-order valence-electron chi connectivity index (χ0n) is 15.0. The highest BCUT2D eigenvalue weighted by molar-refractivity contribution is 7.89. The topological polar surface area (TPSA) is 93.0 Å². The first kappa shape index (κ1) is 18.3. The Morgan fingerprint density at radius 3 is 2.42 bits per heavy atom. The SMILES string of the molecule is CCn1nc(C)c(S(=O)(=O)NCc2nc(C)cc(N(C)C)n2)c1C. The maximum atomic E-state index is 12.6. The van der Waals surface area contributed by atoms with E-state index in [1.165, 1.54) is 0 Å². The van der Waals surface area contributed by atoms with Crippen molar-refractivity contribution in [3.63, 3.8) is 0 Å². The fraction of sp³-hybridized carbons (Fsp3) is 0.533. The average molecular weight is 352 g/mol. The van der Waals surface area contributed by atoms with Crippen molar-refractivity contribution < 1.29 is 8.42 Å². The number of anilines is 1. The Kier molecular flexibility index (Phi) is 5.24. The van der Waals surface area contributed by atoms with Crippen molar-refractivity contribution in [2.75, 3.05) is 19.0 Å². The van der Waals surface area contributed by atoms with Crippen LogP contribution in [0.4, 0.5) is 5.82 Å². The minimum atomic E-state index is -3.68. The van der Waals surface area contributed by atoms with Crippen molar-refractivity contribution in [2.45, 2.75) is 45.7 Å². The molecule has 0 bridgehead atoms. The highest BCUT2D eigenvalue weighted by Crippen LogP contribution is 2.19. The van der Waals surface area contributed by atoms with Gasteiger partial charge in [-0.15, -0.1) is 0 Å². The molecule has 0 aromatic carbocycles. The van der Waals surface area contributed by atoms with Crippen LogP contribution in [0.25, 0.3) is 0 Å². The third-order valence-corrected chi connectivity index (χ3v) is 5.30. The molecule has 1 N–H and O–H groups in total. The van der Waals surface area contributed by atoms with Crippen molar-refractivity contribution >= 4 is 15.8 Å². The summed E-state index contributed by atoms with van der Waals surface area (Å²) in [6, 6.07) is 1.84. The first-order valence-electron chi connectivity index (χ1n) is 7.71. The molecule has 0 aliphatic carbocycles. The molecule has 0 aliphatic heterocycles. The number of rotatable bonds is 6. The Labute approximate surface area is 143 Å². The van der Waals surface area contributed by atoms with E-state index in [2.05, 4.69) is 19.8 Å². The van der Waals surface area contributed by atoms with E-state index in [9.17, 15) is 8.42 Å². The molecule has 2 rings (SSSR count). The van der Waals surface area contributed by atoms with Gasteiger partial charge in [0.2, 0.25) is 10.0 Å². The van der Waals surface area contributed by atoms with Gasteiger partial charge in [-0.1, -0.05) is 0 Å². The molecule has 0 spiro atoms. The molecule has 2 heterocycles. The molecular formula is C15H24N6O2S. The zero-order valence-corrected chi connectivity index (χ0v) is 15.8. The molecule has 2 aromatic heterocycles. The van der Waals surface area contributed by atoms with E-state index in [4.69, 9.17) is 0 Å². The average Bonchev–Trinajstić information content (AvgIpc) is 2.79. The molecule has 0 radical (unpaired) electrons. The lowest BCUT2D eigenvalue weighted by Crippen LogP contribution is -2.26. The number of aryl methyl sites for hydroxylation is 3. The normalized spacial score (nSPS) is 11.8. The lowest BCUT2D eigenvalue weighted by Gasteiger charge is -2.13. The van der Waals surface area contributed by atoms with E-state index in [-0.39, 0.29) is 11.4 Å². The van der Waals surface area contributed by atoms with Crippen molar-refractivity contribution in [3.8, 4) is 0 Å². The minimum Gasteiger partial charge on any atom is -0.363 e. The molecule has 9 heteroatoms. The summed E-state index contributed by atoms with van der Waals surface area (Å²) in [5, 5.41) is 4.26. The highest BCUT2D eigenvalue weighted by atomic mass is 32.2. The van der Waals surface area contributed by atoms with Gasteiger partial charge in [-0.25, -0.2) is 23.1 Å². The molecule has 0 atom stereocenters. The van der Waals surface area contributed by atoms with E-state index in [1.807, 2.05) is 38.9 Å². The second-order valence-corrected chi connectivity index (χ2v) is 7.52. The van der Waals surface area contributed by atoms with Gasteiger partial charge in [0.05, 0.1) is 17.9 Å². The Morgan fingerprint density at radius 1 is 1.21 bits per heavy atom. The molecular weight excluding hydrogens is 328 g/mol. The van der Waals surface area contributed by atoms with Gasteiger partial charge in [0.15, 0.2) is 0 Å². The Bertz CT molecular complexity index is 842. The smallest absolute Gasteiger partial charge is 0.244 e. The van der Waals surface area contributed by atoms with Gasteiger partial charge < -0.3 is 4.90 Å². The number of nitrogens with one attached hydrogen (secondary N) is 1. The van der Waals surface area contributed by atoms with Crippen molar-refractivity contribution in [2.24, 2.45) is 0 Å². The summed E-state index contributed by atoms with van der Waals surface area (Å²) in [6.45, 7) is 7.88. The Morgan fingerprint density at radius 2 is 1.88 bits per heavy atom. The van der Waals surface area contributed by atoms with E-state index >= 15 is 0 Å². The molecule has 0 amide bonds. The summed E-state index contributed by atoms with van der Waals surface area (Å²) >= 11 is 0. The molecule has 0 aliphatic rings. The van der Waals surface area contributed by atoms with E-state index in [1.54, 1.807) is 18.5 Å². The number of hydrogen-bond donors (Lipinski definition) is 1. The van der Waals surface area contributed by atoms with E-state index in [0.29, 0.717) is 23.8 Å². The van der Waals surface area contributed by atoms with Crippen LogP contribution in [0.2, 0.25) is 0 Å². The van der Waals surface area contributed by atoms with Crippen LogP contribution < -0.4 is 9.62 Å². The van der Waals surface area contributed by atoms with Crippen molar-refractivity contribution in [1.29, 1.82) is 0 Å². The molecule has 0 saturated carbocycles. The summed E-state index contributed by atoms with van der Waals surface area (Å²) in [6.07, 6.45) is 0. The van der Waals surface area contributed by atoms with Gasteiger partial charge in [-0.05, 0) is 27.7 Å². The maximum absolute atomic E-state index is 12.6. The molecule has 2 aromatic rings. The molecule has 132 valence electrons. The first-order valence-corrected chi connectivity index (χ1v) is 9.19. The summed E-state index contributed by atoms with van der Waals surface area (Å²) in [5.74, 6) is 1.17. The summed E-state index contributed by atoms with van der Waals surface area (Å²) in [4.78, 5) is 10.7. The van der Waals surface area contributed by atoms with Gasteiger partial charge in [0.1, 0.15) is 16.5 Å². The molecule has 24 heavy (non-hydrogen) atoms. The van der Waals surface area contributed by atoms with Crippen LogP contribution in [0.1, 0.15) is 29.8 Å². The summed E-state index contributed by atoms with van der Waals surface area (Å²) in [7, 11) is 0.0712. The van der Waals surface area contributed by atoms with Crippen LogP contribution in [0.5, 0.6) is 0 Å². The minimum absolute atomic E-state index is 0.0288. The standard InChI is InChI=1S/C15H24N6O2S/c1-7-21-12(4)15(11(3)19-21)24(22,23)16-9-13-17-10(2)8-14(18-13)20(5)6/h8,16H,7,9H2,1-6H3. The quantitative estimate of drug-likeness (QED) is 0.839. The lowest BCUT2D eigenvalue weighted by molar-refractivity contribution is 0.576. The van der Waals surface area contributed by atoms with Crippen LogP contribution in [-0.4, -0.2) is 42.3 Å². The van der Waals surface area contributed by atoms with E-state index in [0.717, 1.165) is 11.5 Å². The largest absolute Gasteiger partial charge is 0.363 e. The summed E-state index contributed by atoms with van der Waals surface area (Å²) in [5.41, 5.74) is 1.90. The van der Waals surface area contributed by atoms with Gasteiger partial charge in [-0.3, -0.25) is 4.68 Å². The van der Waals surface area contributed by atoms with Crippen LogP contribution in [-0.2, 0) is 23.1 Å². The Balaban J connectivity index is 2.27. The van der Waals surface area contributed by atoms with Gasteiger partial charge >= 0.3 is 0 Å². The van der Waals surface area contributed by atoms with Crippen LogP contribution in [0.15, 0.2) is 11.0 Å². The first-order chi connectivity index (χ1) is 11.2. The maximum Gasteiger partial charge on any atom is 0.244 e. The zero-order chi connectivity index (χ0) is 18.1. The fourth-order valence-corrected chi connectivity index (χ4v) is 3.92. The predicted octanol–water partition coefficient (Wildman–Crippen LogP) is 1.16. The highest BCUT2D eigenvalue weighted by Gasteiger charge is 2.24. The van der Waals surface area contributed by atoms with Crippen molar-refractivity contribution in [3.05, 3.63) is 29.0 Å². The number of hydrogen-bond acceptors (Lipinski definition) is 6. The number of sulfonamides is 1. The monoisotopic (exact) mass is 352 g/mol. The molecule has 0 unspecified atom stereocenters. The molecule has 8 nitrogen and oxygen atoms in total. The lowest BCUT2D eigenvalue weighted by atomic mass is 10.4. The second kappa shape index (κ2) is 6.86. The number of nitrogens with zero attached hydrogens (tertiary/aromatic N) is 5. The van der Waals surface area contributed by atoms with Crippen molar-refractivity contribution in [1.82, 2.24) is 24.5 Å². The fourth-order valence-electron chi connectivity index (χ4n) is 2.53. The summed E-state index contributed by atoms with van der Waals surface area (Å²) < 4.78 is 29.6. The van der Waals surface area contributed by atoms with Gasteiger partial charge in [0, 0.05) is 32.4 Å².